The summed E-state index contributed by atoms with van der Waals surface area (Å²) >= 11 is 0. The largest absolute Gasteiger partial charge is 0.480 e. The summed E-state index contributed by atoms with van der Waals surface area (Å²) in [6.45, 7) is -0.00355. The molecule has 0 saturated carbocycles. The Morgan fingerprint density at radius 3 is 2.68 bits per heavy atom. The molecule has 1 heterocycles. The fraction of sp³-hybridized carbons (Fsp3) is 0.385. The van der Waals surface area contributed by atoms with Gasteiger partial charge < -0.3 is 9.84 Å². The van der Waals surface area contributed by atoms with Crippen molar-refractivity contribution >= 4 is 22.0 Å². The van der Waals surface area contributed by atoms with Crippen molar-refractivity contribution in [1.29, 1.82) is 0 Å². The number of sulfonamides is 1. The molecule has 1 aromatic rings. The number of halogens is 1. The highest BCUT2D eigenvalue weighted by Crippen LogP contribution is 2.29. The van der Waals surface area contributed by atoms with E-state index in [0.717, 1.165) is 29.6 Å². The molecule has 0 amide bonds. The van der Waals surface area contributed by atoms with E-state index in [4.69, 9.17) is 5.11 Å². The summed E-state index contributed by atoms with van der Waals surface area (Å²) in [4.78, 5) is 22.2. The first-order valence-corrected chi connectivity index (χ1v) is 7.86. The Bertz CT molecular complexity index is 717. The number of benzene rings is 1. The third-order valence-corrected chi connectivity index (χ3v) is 5.39. The molecular weight excluding hydrogens is 317 g/mol. The van der Waals surface area contributed by atoms with Gasteiger partial charge in [-0.05, 0) is 25.0 Å². The van der Waals surface area contributed by atoms with E-state index in [-0.39, 0.29) is 13.0 Å². The highest BCUT2D eigenvalue weighted by atomic mass is 32.2. The molecule has 0 spiro atoms. The number of carbonyl (C=O) groups is 2. The van der Waals surface area contributed by atoms with Crippen LogP contribution in [0, 0.1) is 5.82 Å². The maximum atomic E-state index is 13.9. The highest BCUT2D eigenvalue weighted by Gasteiger charge is 2.41. The monoisotopic (exact) mass is 331 g/mol. The van der Waals surface area contributed by atoms with E-state index in [0.29, 0.717) is 6.42 Å². The first-order valence-electron chi connectivity index (χ1n) is 6.42. The zero-order valence-corrected chi connectivity index (χ0v) is 12.5. The predicted molar refractivity (Wildman–Crippen MR) is 72.3 cm³/mol. The smallest absolute Gasteiger partial charge is 0.342 e. The maximum absolute atomic E-state index is 13.9. The van der Waals surface area contributed by atoms with Gasteiger partial charge in [-0.3, -0.25) is 4.79 Å². The van der Waals surface area contributed by atoms with Gasteiger partial charge in [-0.1, -0.05) is 6.07 Å². The average Bonchev–Trinajstić information content (AvgIpc) is 2.96. The van der Waals surface area contributed by atoms with Gasteiger partial charge in [0.2, 0.25) is 10.0 Å². The third kappa shape index (κ3) is 2.69. The van der Waals surface area contributed by atoms with Crippen molar-refractivity contribution in [3.8, 4) is 0 Å². The molecule has 0 aliphatic carbocycles. The van der Waals surface area contributed by atoms with Gasteiger partial charge in [0.05, 0.1) is 12.0 Å². The zero-order chi connectivity index (χ0) is 16.5. The van der Waals surface area contributed by atoms with E-state index in [2.05, 4.69) is 4.74 Å². The van der Waals surface area contributed by atoms with Gasteiger partial charge in [0.25, 0.3) is 0 Å². The van der Waals surface area contributed by atoms with Crippen LogP contribution in [0.4, 0.5) is 4.39 Å². The van der Waals surface area contributed by atoms with Gasteiger partial charge >= 0.3 is 11.9 Å². The summed E-state index contributed by atoms with van der Waals surface area (Å²) < 4.78 is 44.3. The minimum Gasteiger partial charge on any atom is -0.480 e. The lowest BCUT2D eigenvalue weighted by atomic mass is 10.2. The van der Waals surface area contributed by atoms with Crippen LogP contribution in [0.1, 0.15) is 23.2 Å². The van der Waals surface area contributed by atoms with Crippen molar-refractivity contribution in [3.63, 3.8) is 0 Å². The standard InChI is InChI=1S/C13H14FNO6S/c1-21-13(18)11-8(14)4-2-6-10(11)22(19,20)15-7-3-5-9(15)12(16)17/h2,4,6,9H,3,5,7H2,1H3,(H,16,17)/t9-/m0/s1. The van der Waals surface area contributed by atoms with Crippen molar-refractivity contribution in [2.45, 2.75) is 23.8 Å². The summed E-state index contributed by atoms with van der Waals surface area (Å²) in [6, 6.07) is 1.91. The van der Waals surface area contributed by atoms with Crippen LogP contribution in [0.3, 0.4) is 0 Å². The predicted octanol–water partition coefficient (Wildman–Crippen LogP) is 0.850. The van der Waals surface area contributed by atoms with E-state index in [9.17, 15) is 22.4 Å². The molecule has 120 valence electrons. The third-order valence-electron chi connectivity index (χ3n) is 3.44. The molecule has 1 aliphatic rings. The Morgan fingerprint density at radius 1 is 1.41 bits per heavy atom. The van der Waals surface area contributed by atoms with Gasteiger partial charge in [0.15, 0.2) is 0 Å². The second-order valence-corrected chi connectivity index (χ2v) is 6.58. The molecule has 0 aromatic heterocycles. The molecule has 1 atom stereocenters. The Hall–Kier alpha value is -2.00. The Balaban J connectivity index is 2.58. The zero-order valence-electron chi connectivity index (χ0n) is 11.7. The number of hydrogen-bond donors (Lipinski definition) is 1. The number of ether oxygens (including phenoxy) is 1. The molecule has 22 heavy (non-hydrogen) atoms. The lowest BCUT2D eigenvalue weighted by Crippen LogP contribution is -2.41. The summed E-state index contributed by atoms with van der Waals surface area (Å²) in [5, 5.41) is 9.10. The van der Waals surface area contributed by atoms with Crippen molar-refractivity contribution in [3.05, 3.63) is 29.6 Å². The first-order chi connectivity index (χ1) is 10.3. The van der Waals surface area contributed by atoms with Gasteiger partial charge in [0.1, 0.15) is 17.4 Å². The molecule has 2 rings (SSSR count). The minimum atomic E-state index is -4.33. The van der Waals surface area contributed by atoms with Crippen LogP contribution in [-0.4, -0.2) is 49.5 Å². The number of hydrogen-bond acceptors (Lipinski definition) is 5. The van der Waals surface area contributed by atoms with Crippen LogP contribution in [0.25, 0.3) is 0 Å². The van der Waals surface area contributed by atoms with Gasteiger partial charge in [0, 0.05) is 6.54 Å². The molecule has 0 unspecified atom stereocenters. The molecule has 7 nitrogen and oxygen atoms in total. The maximum Gasteiger partial charge on any atom is 0.342 e. The number of rotatable bonds is 4. The molecule has 1 N–H and O–H groups in total. The number of methoxy groups -OCH3 is 1. The van der Waals surface area contributed by atoms with Gasteiger partial charge in [-0.15, -0.1) is 0 Å². The van der Waals surface area contributed by atoms with Crippen molar-refractivity contribution in [2.75, 3.05) is 13.7 Å². The Kier molecular flexibility index (Phi) is 4.47. The molecule has 1 fully saturated rings. The van der Waals surface area contributed by atoms with E-state index in [1.54, 1.807) is 0 Å². The second kappa shape index (κ2) is 6.01. The van der Waals surface area contributed by atoms with Crippen LogP contribution in [0.15, 0.2) is 23.1 Å². The molecule has 1 aromatic carbocycles. The molecular formula is C13H14FNO6S. The van der Waals surface area contributed by atoms with Crippen molar-refractivity contribution < 1.29 is 32.2 Å². The summed E-state index contributed by atoms with van der Waals surface area (Å²) in [6.07, 6.45) is 0.538. The topological polar surface area (TPSA) is 101 Å². The minimum absolute atomic E-state index is 0.00355. The number of carboxylic acids is 1. The fourth-order valence-electron chi connectivity index (χ4n) is 2.42. The Morgan fingerprint density at radius 2 is 2.09 bits per heavy atom. The number of carboxylic acid groups (broad SMARTS) is 1. The average molecular weight is 331 g/mol. The van der Waals surface area contributed by atoms with E-state index < -0.39 is 44.3 Å². The molecule has 1 saturated heterocycles. The fourth-order valence-corrected chi connectivity index (χ4v) is 4.26. The lowest BCUT2D eigenvalue weighted by Gasteiger charge is -2.22. The molecule has 0 radical (unpaired) electrons. The molecule has 0 bridgehead atoms. The highest BCUT2D eigenvalue weighted by molar-refractivity contribution is 7.89. The van der Waals surface area contributed by atoms with Crippen LogP contribution >= 0.6 is 0 Å². The lowest BCUT2D eigenvalue weighted by molar-refractivity contribution is -0.140. The van der Waals surface area contributed by atoms with Crippen LogP contribution in [0.5, 0.6) is 0 Å². The van der Waals surface area contributed by atoms with E-state index in [1.165, 1.54) is 0 Å². The van der Waals surface area contributed by atoms with E-state index in [1.807, 2.05) is 0 Å². The Labute approximate surface area is 126 Å². The summed E-state index contributed by atoms with van der Waals surface area (Å²) in [7, 11) is -3.33. The number of carbonyl (C=O) groups excluding carboxylic acids is 1. The van der Waals surface area contributed by atoms with Crippen LogP contribution in [0.2, 0.25) is 0 Å². The quantitative estimate of drug-likeness (QED) is 0.821. The SMILES string of the molecule is COC(=O)c1c(F)cccc1S(=O)(=O)N1CCC[C@H]1C(=O)O. The van der Waals surface area contributed by atoms with Crippen LogP contribution in [-0.2, 0) is 19.6 Å². The van der Waals surface area contributed by atoms with E-state index >= 15 is 0 Å². The number of esters is 1. The number of nitrogens with zero attached hydrogens (tertiary/aromatic N) is 1. The molecule has 9 heteroatoms. The second-order valence-electron chi connectivity index (χ2n) is 4.72. The molecule has 1 aliphatic heterocycles. The number of aliphatic carboxylic acids is 1. The summed E-state index contributed by atoms with van der Waals surface area (Å²) in [5.41, 5.74) is -0.721. The first kappa shape index (κ1) is 16.4. The normalized spacial score (nSPS) is 19.1. The van der Waals surface area contributed by atoms with Crippen molar-refractivity contribution in [1.82, 2.24) is 4.31 Å². The summed E-state index contributed by atoms with van der Waals surface area (Å²) in [5.74, 6) is -3.46. The van der Waals surface area contributed by atoms with Gasteiger partial charge in [-0.2, -0.15) is 4.31 Å². The van der Waals surface area contributed by atoms with Gasteiger partial charge in [-0.25, -0.2) is 17.6 Å². The van der Waals surface area contributed by atoms with Crippen LogP contribution < -0.4 is 0 Å². The van der Waals surface area contributed by atoms with Crippen molar-refractivity contribution in [2.24, 2.45) is 0 Å².